The van der Waals surface area contributed by atoms with Crippen LogP contribution < -0.4 is 0 Å². The van der Waals surface area contributed by atoms with E-state index >= 15 is 0 Å². The van der Waals surface area contributed by atoms with Crippen LogP contribution in [0.2, 0.25) is 0 Å². The second kappa shape index (κ2) is 148. The molecule has 0 aliphatic carbocycles. The molecule has 0 heterocycles. The van der Waals surface area contributed by atoms with E-state index in [2.05, 4.69) is 374 Å². The zero-order chi connectivity index (χ0) is 120. The minimum absolute atomic E-state index is 0.0737. The van der Waals surface area contributed by atoms with E-state index in [0.717, 1.165) is 225 Å². The molecule has 0 saturated carbocycles. The van der Waals surface area contributed by atoms with Gasteiger partial charge in [-0.2, -0.15) is 0 Å². The van der Waals surface area contributed by atoms with E-state index in [9.17, 15) is 0 Å². The molecule has 0 spiro atoms. The standard InChI is InChI=1S/2C9H20O.C9H20.6C8H18O.4C7H16O.C7H16.2C6H14O.C6H14.C5H12O/c1-8(2)6-7-9(3,4)10-5;1-8(2)6-5-7-10-9(3)4;1-8(2)6-7-9(3,4)5;1-7(2)5-6-8(3)9-4;1-7(2)5-6-9-8(3)4;1-5-9-6-8(4)7(2)3;1-5-9-8(4)6-7(2)3;1-4-9-7-5-6-8(2)3;1-4-6-9-7-5-8(2)3;1-6(2)7(3)5-8-4;1-6(2)5-7(3)8-4;1-7(2)5-4-6-8-3;1-4-8-6-5-7(2)3;1-5-7(4)6(2)3;1-6(2)4-5-7-3;1-5(2)4-6(3)7;1-4-5-6(2)3;1-5(2)3-4-6/h8H,6-7H2,1-5H3;8-9H,5-7H2,1-4H3;8H,6-7H2,1-5H3;4*7-8H,5-6H2,1-4H3;2*8H,4-7H2,1-3H3;2*6-7H,5H2,1-4H3;2*7H,4-6H2,1-3H3;6-7H,5H2,1-4H3;6H,4-5H2,1-3H3;5-7H,4H2,1-3H3;6H,4-5H2,1-3H3;5-6H,3-4H2,1-2H3. The van der Waals surface area contributed by atoms with Crippen molar-refractivity contribution in [3.63, 3.8) is 0 Å². The van der Waals surface area contributed by atoms with Gasteiger partial charge in [0.15, 0.2) is 0 Å². The Bertz CT molecular complexity index is 2030. The Kier molecular flexibility index (Phi) is 189. The third kappa shape index (κ3) is 278. The zero-order valence-corrected chi connectivity index (χ0v) is 115. The summed E-state index contributed by atoms with van der Waals surface area (Å²) in [5, 5.41) is 17.0. The topological polar surface area (TPSA) is 160 Å². The maximum atomic E-state index is 8.72. The SMILES string of the molecule is CC(C)CC(C)O.CC(C)CCC(C)(C)C.CC(C)CCCOC(C)C.CC(C)CCO.CC(C)CCOC(C)C.CCC(C)C(C)C.CCCC(C)C.CCCOCCC(C)C.CCOC(C)CC(C)C.CCOCC(C)C(C)C.CCOCCC(C)C.CCOCCCC(C)C.COC(C)(C)CCC(C)C.COC(C)CC(C)C.COC(C)CCC(C)C.COCC(C)C(C)C.COCCC(C)C.COCCCC(C)C. The number of hydrogen-bond acceptors (Lipinski definition) is 15. The fourth-order valence-corrected chi connectivity index (χ4v) is 11.0. The van der Waals surface area contributed by atoms with Crippen molar-refractivity contribution in [3.8, 4) is 0 Å². The van der Waals surface area contributed by atoms with Crippen molar-refractivity contribution < 1.29 is 71.8 Å². The Morgan fingerprint density at radius 3 is 0.791 bits per heavy atom. The summed E-state index contributed by atoms with van der Waals surface area (Å²) in [4.78, 5) is 0. The Hall–Kier alpha value is -0.600. The molecular formula is C133H302O15. The van der Waals surface area contributed by atoms with Gasteiger partial charge in [-0.1, -0.05) is 337 Å². The van der Waals surface area contributed by atoms with Gasteiger partial charge in [0.2, 0.25) is 0 Å². The Morgan fingerprint density at radius 1 is 0.236 bits per heavy atom. The van der Waals surface area contributed by atoms with Gasteiger partial charge in [-0.3, -0.25) is 0 Å². The minimum Gasteiger partial charge on any atom is -0.396 e. The fraction of sp³-hybridized carbons (Fsp3) is 1.00. The van der Waals surface area contributed by atoms with Crippen LogP contribution in [-0.2, 0) is 61.6 Å². The molecule has 0 fully saturated rings. The molecular weight excluding hydrogens is 1840 g/mol. The highest BCUT2D eigenvalue weighted by Gasteiger charge is 2.17. The van der Waals surface area contributed by atoms with Gasteiger partial charge in [-0.25, -0.2) is 0 Å². The normalized spacial score (nSPS) is 12.4. The molecule has 7 unspecified atom stereocenters. The summed E-state index contributed by atoms with van der Waals surface area (Å²) in [6.45, 7) is 142. The summed E-state index contributed by atoms with van der Waals surface area (Å²) in [6.07, 6.45) is 31.1. The second-order valence-electron chi connectivity index (χ2n) is 50.9. The molecule has 0 aromatic rings. The zero-order valence-electron chi connectivity index (χ0n) is 115. The molecule has 0 aromatic heterocycles. The van der Waals surface area contributed by atoms with Gasteiger partial charge in [0.1, 0.15) is 0 Å². The van der Waals surface area contributed by atoms with Crippen molar-refractivity contribution in [3.05, 3.63) is 0 Å². The molecule has 0 aromatic carbocycles. The van der Waals surface area contributed by atoms with Crippen LogP contribution in [0, 0.1) is 130 Å². The van der Waals surface area contributed by atoms with Crippen LogP contribution in [0.5, 0.6) is 0 Å². The van der Waals surface area contributed by atoms with Crippen molar-refractivity contribution in [1.82, 2.24) is 0 Å². The van der Waals surface area contributed by atoms with Crippen LogP contribution in [-0.4, -0.2) is 194 Å². The van der Waals surface area contributed by atoms with Crippen molar-refractivity contribution in [1.29, 1.82) is 0 Å². The van der Waals surface area contributed by atoms with Crippen molar-refractivity contribution in [2.75, 3.05) is 142 Å². The highest BCUT2D eigenvalue weighted by atomic mass is 16.5. The molecule has 0 amide bonds. The number of methoxy groups -OCH3 is 6. The first-order valence-corrected chi connectivity index (χ1v) is 61.7. The third-order valence-corrected chi connectivity index (χ3v) is 22.9. The molecule has 148 heavy (non-hydrogen) atoms. The maximum Gasteiger partial charge on any atom is 0.0622 e. The van der Waals surface area contributed by atoms with Gasteiger partial charge in [-0.15, -0.1) is 0 Å². The fourth-order valence-electron chi connectivity index (χ4n) is 11.0. The quantitative estimate of drug-likeness (QED) is 0.0553. The molecule has 0 rings (SSSR count). The molecule has 2 N–H and O–H groups in total. The first-order valence-electron chi connectivity index (χ1n) is 61.7. The van der Waals surface area contributed by atoms with Gasteiger partial charge in [0.25, 0.3) is 0 Å². The van der Waals surface area contributed by atoms with Crippen molar-refractivity contribution in [2.45, 2.75) is 605 Å². The van der Waals surface area contributed by atoms with Gasteiger partial charge >= 0.3 is 0 Å². The average Bonchev–Trinajstić information content (AvgIpc) is 0.948. The summed E-state index contributed by atoms with van der Waals surface area (Å²) in [6, 6.07) is 0. The predicted molar refractivity (Wildman–Crippen MR) is 674 cm³/mol. The van der Waals surface area contributed by atoms with Gasteiger partial charge in [0, 0.05) is 142 Å². The van der Waals surface area contributed by atoms with E-state index in [0.29, 0.717) is 66.2 Å². The van der Waals surface area contributed by atoms with Gasteiger partial charge in [0.05, 0.1) is 42.2 Å². The Morgan fingerprint density at radius 2 is 0.561 bits per heavy atom. The predicted octanol–water partition coefficient (Wildman–Crippen LogP) is 41.1. The summed E-state index contributed by atoms with van der Waals surface area (Å²) in [5.74, 6) is 16.4. The molecule has 0 bridgehead atoms. The van der Waals surface area contributed by atoms with E-state index in [1.807, 2.05) is 34.6 Å². The highest BCUT2D eigenvalue weighted by Crippen LogP contribution is 2.24. The monoisotopic (exact) mass is 2140 g/mol. The summed E-state index contributed by atoms with van der Waals surface area (Å²) in [5.41, 5.74) is 0.606. The number of aliphatic hydroxyl groups excluding tert-OH is 2. The lowest BCUT2D eigenvalue weighted by atomic mass is 9.88. The number of aliphatic hydroxyl groups is 2. The smallest absolute Gasteiger partial charge is 0.0622 e. The minimum atomic E-state index is -0.125. The van der Waals surface area contributed by atoms with Crippen LogP contribution in [0.4, 0.5) is 0 Å². The van der Waals surface area contributed by atoms with Crippen molar-refractivity contribution in [2.24, 2.45) is 130 Å². The molecule has 0 aliphatic rings. The molecule has 0 radical (unpaired) electrons. The lowest BCUT2D eigenvalue weighted by molar-refractivity contribution is 0.0113. The van der Waals surface area contributed by atoms with Crippen LogP contribution in [0.15, 0.2) is 0 Å². The van der Waals surface area contributed by atoms with Crippen LogP contribution >= 0.6 is 0 Å². The van der Waals surface area contributed by atoms with E-state index in [-0.39, 0.29) is 11.7 Å². The maximum absolute atomic E-state index is 8.72. The van der Waals surface area contributed by atoms with Crippen LogP contribution in [0.1, 0.15) is 563 Å². The molecule has 924 valence electrons. The molecule has 0 aliphatic heterocycles. The molecule has 15 heteroatoms. The van der Waals surface area contributed by atoms with Crippen LogP contribution in [0.3, 0.4) is 0 Å². The molecule has 0 saturated heterocycles. The van der Waals surface area contributed by atoms with Crippen LogP contribution in [0.25, 0.3) is 0 Å². The summed E-state index contributed by atoms with van der Waals surface area (Å²) < 4.78 is 67.1. The average molecular weight is 2140 g/mol. The van der Waals surface area contributed by atoms with E-state index in [1.54, 1.807) is 42.7 Å². The lowest BCUT2D eigenvalue weighted by Crippen LogP contribution is -2.22. The van der Waals surface area contributed by atoms with E-state index < -0.39 is 0 Å². The number of ether oxygens (including phenoxy) is 13. The Labute approximate surface area is 942 Å². The second-order valence-corrected chi connectivity index (χ2v) is 50.9. The van der Waals surface area contributed by atoms with Gasteiger partial charge < -0.3 is 71.8 Å². The highest BCUT2D eigenvalue weighted by molar-refractivity contribution is 4.68. The number of hydrogen-bond donors (Lipinski definition) is 2. The van der Waals surface area contributed by atoms with E-state index in [4.69, 9.17) is 71.8 Å². The first kappa shape index (κ1) is 189. The number of rotatable bonds is 62. The summed E-state index contributed by atoms with van der Waals surface area (Å²) >= 11 is 0. The molecule has 7 atom stereocenters. The largest absolute Gasteiger partial charge is 0.396 e. The first-order chi connectivity index (χ1) is 68.2. The van der Waals surface area contributed by atoms with Gasteiger partial charge in [-0.05, 0) is 355 Å². The van der Waals surface area contributed by atoms with E-state index in [1.165, 1.54) is 122 Å². The van der Waals surface area contributed by atoms with Crippen molar-refractivity contribution >= 4 is 0 Å². The third-order valence-electron chi connectivity index (χ3n) is 22.9. The lowest BCUT2D eigenvalue weighted by Gasteiger charge is -2.23. The Balaban J connectivity index is -0.0000000757. The summed E-state index contributed by atoms with van der Waals surface area (Å²) in [7, 11) is 10.5. The molecule has 15 nitrogen and oxygen atoms in total.